The summed E-state index contributed by atoms with van der Waals surface area (Å²) in [6, 6.07) is 5.13. The van der Waals surface area contributed by atoms with Gasteiger partial charge in [-0.2, -0.15) is 0 Å². The second kappa shape index (κ2) is 5.34. The van der Waals surface area contributed by atoms with Crippen molar-refractivity contribution in [1.82, 2.24) is 5.32 Å². The molecule has 0 spiro atoms. The molecule has 92 valence electrons. The average molecular weight is 235 g/mol. The minimum absolute atomic E-state index is 0.0244. The standard InChI is InChI=1S/C12H17N3O2/c1-7-4-5-8(2)10(6-7)12(16)14-9(3)11(13)15-17/h4-6,9,17H,1-3H3,(H2,13,15)(H,14,16). The van der Waals surface area contributed by atoms with Gasteiger partial charge >= 0.3 is 0 Å². The Bertz CT molecular complexity index is 455. The maximum atomic E-state index is 11.9. The highest BCUT2D eigenvalue weighted by Gasteiger charge is 2.14. The molecular formula is C12H17N3O2. The number of hydrogen-bond acceptors (Lipinski definition) is 3. The van der Waals surface area contributed by atoms with E-state index in [4.69, 9.17) is 10.9 Å². The number of aryl methyl sites for hydroxylation is 2. The number of amidine groups is 1. The summed E-state index contributed by atoms with van der Waals surface area (Å²) in [5.74, 6) is -0.256. The van der Waals surface area contributed by atoms with Gasteiger partial charge in [-0.1, -0.05) is 22.9 Å². The van der Waals surface area contributed by atoms with E-state index >= 15 is 0 Å². The number of nitrogens with zero attached hydrogens (tertiary/aromatic N) is 1. The van der Waals surface area contributed by atoms with E-state index in [-0.39, 0.29) is 11.7 Å². The van der Waals surface area contributed by atoms with Gasteiger partial charge in [0.05, 0.1) is 6.04 Å². The van der Waals surface area contributed by atoms with Crippen LogP contribution in [-0.4, -0.2) is 23.0 Å². The number of carbonyl (C=O) groups is 1. The SMILES string of the molecule is Cc1ccc(C)c(C(=O)NC(C)/C(N)=N/O)c1. The van der Waals surface area contributed by atoms with Crippen LogP contribution in [0.1, 0.15) is 28.4 Å². The molecule has 1 rings (SSSR count). The number of rotatable bonds is 3. The number of nitrogens with one attached hydrogen (secondary N) is 1. The van der Waals surface area contributed by atoms with Gasteiger partial charge in [-0.25, -0.2) is 0 Å². The molecule has 0 radical (unpaired) electrons. The zero-order chi connectivity index (χ0) is 13.0. The number of benzene rings is 1. The Morgan fingerprint density at radius 1 is 1.47 bits per heavy atom. The molecule has 0 aliphatic carbocycles. The van der Waals surface area contributed by atoms with E-state index in [1.165, 1.54) is 0 Å². The Morgan fingerprint density at radius 3 is 2.71 bits per heavy atom. The maximum absolute atomic E-state index is 11.9. The number of nitrogens with two attached hydrogens (primary N) is 1. The van der Waals surface area contributed by atoms with Crippen LogP contribution in [0.15, 0.2) is 23.4 Å². The van der Waals surface area contributed by atoms with Gasteiger partial charge in [0.2, 0.25) is 0 Å². The van der Waals surface area contributed by atoms with Crippen LogP contribution in [0.5, 0.6) is 0 Å². The molecule has 1 aromatic rings. The lowest BCUT2D eigenvalue weighted by Gasteiger charge is -2.13. The highest BCUT2D eigenvalue weighted by Crippen LogP contribution is 2.10. The van der Waals surface area contributed by atoms with Crippen molar-refractivity contribution in [3.63, 3.8) is 0 Å². The van der Waals surface area contributed by atoms with Crippen LogP contribution in [0.4, 0.5) is 0 Å². The minimum Gasteiger partial charge on any atom is -0.409 e. The van der Waals surface area contributed by atoms with E-state index in [1.807, 2.05) is 32.0 Å². The third-order valence-electron chi connectivity index (χ3n) is 2.54. The van der Waals surface area contributed by atoms with Gasteiger partial charge in [-0.05, 0) is 32.4 Å². The molecule has 0 bridgehead atoms. The molecular weight excluding hydrogens is 218 g/mol. The first-order chi connectivity index (χ1) is 7.95. The number of amides is 1. The molecule has 5 heteroatoms. The van der Waals surface area contributed by atoms with E-state index in [2.05, 4.69) is 10.5 Å². The molecule has 0 saturated heterocycles. The van der Waals surface area contributed by atoms with Crippen molar-refractivity contribution in [2.45, 2.75) is 26.8 Å². The van der Waals surface area contributed by atoms with Crippen LogP contribution >= 0.6 is 0 Å². The summed E-state index contributed by atoms with van der Waals surface area (Å²) in [7, 11) is 0. The van der Waals surface area contributed by atoms with Crippen molar-refractivity contribution in [2.24, 2.45) is 10.9 Å². The summed E-state index contributed by atoms with van der Waals surface area (Å²) in [5.41, 5.74) is 7.90. The topological polar surface area (TPSA) is 87.7 Å². The summed E-state index contributed by atoms with van der Waals surface area (Å²) in [4.78, 5) is 11.9. The van der Waals surface area contributed by atoms with Crippen molar-refractivity contribution in [1.29, 1.82) is 0 Å². The van der Waals surface area contributed by atoms with Crippen LogP contribution in [-0.2, 0) is 0 Å². The molecule has 0 saturated carbocycles. The maximum Gasteiger partial charge on any atom is 0.252 e. The Morgan fingerprint density at radius 2 is 2.12 bits per heavy atom. The normalized spacial score (nSPS) is 13.2. The Labute approximate surface area is 100 Å². The lowest BCUT2D eigenvalue weighted by atomic mass is 10.0. The molecule has 1 aromatic carbocycles. The smallest absolute Gasteiger partial charge is 0.252 e. The summed E-state index contributed by atoms with van der Waals surface area (Å²) >= 11 is 0. The van der Waals surface area contributed by atoms with E-state index in [0.29, 0.717) is 5.56 Å². The first-order valence-electron chi connectivity index (χ1n) is 5.31. The van der Waals surface area contributed by atoms with Gasteiger partial charge in [0.1, 0.15) is 0 Å². The second-order valence-electron chi connectivity index (χ2n) is 4.04. The largest absolute Gasteiger partial charge is 0.409 e. The quantitative estimate of drug-likeness (QED) is 0.318. The third kappa shape index (κ3) is 3.21. The fraction of sp³-hybridized carbons (Fsp3) is 0.333. The molecule has 0 aliphatic heterocycles. The van der Waals surface area contributed by atoms with Crippen molar-refractivity contribution in [2.75, 3.05) is 0 Å². The molecule has 0 aromatic heterocycles. The first-order valence-corrected chi connectivity index (χ1v) is 5.31. The van der Waals surface area contributed by atoms with E-state index in [0.717, 1.165) is 11.1 Å². The summed E-state index contributed by atoms with van der Waals surface area (Å²) in [6.07, 6.45) is 0. The van der Waals surface area contributed by atoms with E-state index in [9.17, 15) is 4.79 Å². The summed E-state index contributed by atoms with van der Waals surface area (Å²) in [5, 5.41) is 14.0. The lowest BCUT2D eigenvalue weighted by Crippen LogP contribution is -2.42. The fourth-order valence-corrected chi connectivity index (χ4v) is 1.42. The van der Waals surface area contributed by atoms with Crippen molar-refractivity contribution in [3.8, 4) is 0 Å². The number of carbonyl (C=O) groups excluding carboxylic acids is 1. The van der Waals surface area contributed by atoms with Gasteiger partial charge in [0.15, 0.2) is 5.84 Å². The average Bonchev–Trinajstić information content (AvgIpc) is 2.30. The van der Waals surface area contributed by atoms with Crippen LogP contribution in [0.2, 0.25) is 0 Å². The van der Waals surface area contributed by atoms with Gasteiger partial charge in [-0.15, -0.1) is 0 Å². The highest BCUT2D eigenvalue weighted by atomic mass is 16.4. The number of oxime groups is 1. The minimum atomic E-state index is -0.507. The zero-order valence-corrected chi connectivity index (χ0v) is 10.2. The van der Waals surface area contributed by atoms with Crippen molar-refractivity contribution >= 4 is 11.7 Å². The molecule has 1 amide bonds. The zero-order valence-electron chi connectivity index (χ0n) is 10.2. The fourth-order valence-electron chi connectivity index (χ4n) is 1.42. The van der Waals surface area contributed by atoms with Crippen molar-refractivity contribution in [3.05, 3.63) is 34.9 Å². The highest BCUT2D eigenvalue weighted by molar-refractivity contribution is 5.99. The molecule has 5 nitrogen and oxygen atoms in total. The molecule has 0 fully saturated rings. The lowest BCUT2D eigenvalue weighted by molar-refractivity contribution is 0.0948. The molecule has 0 aliphatic rings. The van der Waals surface area contributed by atoms with E-state index in [1.54, 1.807) is 6.92 Å². The van der Waals surface area contributed by atoms with Crippen LogP contribution < -0.4 is 11.1 Å². The third-order valence-corrected chi connectivity index (χ3v) is 2.54. The second-order valence-corrected chi connectivity index (χ2v) is 4.04. The Kier molecular flexibility index (Phi) is 4.09. The summed E-state index contributed by atoms with van der Waals surface area (Å²) in [6.45, 7) is 5.43. The molecule has 1 atom stereocenters. The van der Waals surface area contributed by atoms with Crippen molar-refractivity contribution < 1.29 is 10.0 Å². The van der Waals surface area contributed by atoms with Crippen LogP contribution in [0, 0.1) is 13.8 Å². The van der Waals surface area contributed by atoms with Crippen LogP contribution in [0.3, 0.4) is 0 Å². The van der Waals surface area contributed by atoms with Gasteiger partial charge in [0, 0.05) is 5.56 Å². The molecule has 1 unspecified atom stereocenters. The summed E-state index contributed by atoms with van der Waals surface area (Å²) < 4.78 is 0. The number of hydrogen-bond donors (Lipinski definition) is 3. The first kappa shape index (κ1) is 13.0. The van der Waals surface area contributed by atoms with Gasteiger partial charge in [0.25, 0.3) is 5.91 Å². The molecule has 4 N–H and O–H groups in total. The monoisotopic (exact) mass is 235 g/mol. The van der Waals surface area contributed by atoms with Crippen LogP contribution in [0.25, 0.3) is 0 Å². The Balaban J connectivity index is 2.87. The van der Waals surface area contributed by atoms with Gasteiger partial charge in [-0.3, -0.25) is 4.79 Å². The Hall–Kier alpha value is -2.04. The van der Waals surface area contributed by atoms with Gasteiger partial charge < -0.3 is 16.3 Å². The van der Waals surface area contributed by atoms with E-state index < -0.39 is 6.04 Å². The predicted octanol–water partition coefficient (Wildman–Crippen LogP) is 1.17. The predicted molar refractivity (Wildman–Crippen MR) is 66.3 cm³/mol. The molecule has 17 heavy (non-hydrogen) atoms. The molecule has 0 heterocycles.